The summed E-state index contributed by atoms with van der Waals surface area (Å²) in [6.07, 6.45) is 0.978. The number of carbonyl (C=O) groups is 1. The molecule has 6 nitrogen and oxygen atoms in total. The van der Waals surface area contributed by atoms with Gasteiger partial charge in [0.25, 0.3) is 5.91 Å². The Hall–Kier alpha value is -3.58. The van der Waals surface area contributed by atoms with Gasteiger partial charge in [-0.05, 0) is 61.0 Å². The summed E-state index contributed by atoms with van der Waals surface area (Å²) in [4.78, 5) is 12.8. The fourth-order valence-corrected chi connectivity index (χ4v) is 3.23. The maximum absolute atomic E-state index is 12.8. The summed E-state index contributed by atoms with van der Waals surface area (Å²) >= 11 is 5.34. The van der Waals surface area contributed by atoms with Crippen LogP contribution in [0.2, 0.25) is 0 Å². The molecular weight excluding hydrogens is 448 g/mol. The second kappa shape index (κ2) is 13.2. The van der Waals surface area contributed by atoms with Gasteiger partial charge < -0.3 is 19.5 Å². The standard InChI is InChI=1S/C27H30N2O4S/c1-20(2)15-16-31-23-12-8-9-21(19-23)28-27(34)29-26(30)24-13-6-7-14-25(24)33-18-17-32-22-10-4-3-5-11-22/h3-14,19-20H,15-18H2,1-2H3,(H2,28,29,30,34). The van der Waals surface area contributed by atoms with Crippen LogP contribution in [0.25, 0.3) is 0 Å². The lowest BCUT2D eigenvalue weighted by Gasteiger charge is -2.14. The lowest BCUT2D eigenvalue weighted by molar-refractivity contribution is 0.0972. The number of hydrogen-bond acceptors (Lipinski definition) is 5. The van der Waals surface area contributed by atoms with Crippen LogP contribution in [0.3, 0.4) is 0 Å². The molecule has 0 unspecified atom stereocenters. The summed E-state index contributed by atoms with van der Waals surface area (Å²) in [5.41, 5.74) is 1.12. The van der Waals surface area contributed by atoms with Crippen molar-refractivity contribution in [3.05, 3.63) is 84.4 Å². The van der Waals surface area contributed by atoms with Gasteiger partial charge in [-0.25, -0.2) is 0 Å². The zero-order valence-corrected chi connectivity index (χ0v) is 20.3. The first-order valence-corrected chi connectivity index (χ1v) is 11.7. The molecule has 0 fully saturated rings. The fraction of sp³-hybridized carbons (Fsp3) is 0.259. The van der Waals surface area contributed by atoms with Crippen molar-refractivity contribution in [1.29, 1.82) is 0 Å². The van der Waals surface area contributed by atoms with E-state index in [1.807, 2.05) is 60.7 Å². The molecule has 0 radical (unpaired) electrons. The minimum absolute atomic E-state index is 0.187. The van der Waals surface area contributed by atoms with Crippen LogP contribution >= 0.6 is 12.2 Å². The average molecular weight is 479 g/mol. The normalized spacial score (nSPS) is 10.4. The highest BCUT2D eigenvalue weighted by Crippen LogP contribution is 2.20. The molecular formula is C27H30N2O4S. The van der Waals surface area contributed by atoms with Crippen molar-refractivity contribution in [2.24, 2.45) is 5.92 Å². The zero-order chi connectivity index (χ0) is 24.2. The topological polar surface area (TPSA) is 68.8 Å². The van der Waals surface area contributed by atoms with Crippen molar-refractivity contribution in [1.82, 2.24) is 5.32 Å². The van der Waals surface area contributed by atoms with Gasteiger partial charge in [0.05, 0.1) is 12.2 Å². The third-order valence-corrected chi connectivity index (χ3v) is 4.97. The average Bonchev–Trinajstić information content (AvgIpc) is 2.82. The Morgan fingerprint density at radius 3 is 2.29 bits per heavy atom. The maximum atomic E-state index is 12.8. The van der Waals surface area contributed by atoms with Crippen molar-refractivity contribution in [3.8, 4) is 17.2 Å². The Kier molecular flexibility index (Phi) is 9.73. The number of anilines is 1. The highest BCUT2D eigenvalue weighted by molar-refractivity contribution is 7.80. The van der Waals surface area contributed by atoms with E-state index in [1.165, 1.54) is 0 Å². The molecule has 0 saturated carbocycles. The predicted molar refractivity (Wildman–Crippen MR) is 139 cm³/mol. The summed E-state index contributed by atoms with van der Waals surface area (Å²) in [6, 6.07) is 24.0. The lowest BCUT2D eigenvalue weighted by atomic mass is 10.1. The molecule has 0 aliphatic carbocycles. The van der Waals surface area contributed by atoms with Crippen LogP contribution < -0.4 is 24.8 Å². The predicted octanol–water partition coefficient (Wildman–Crippen LogP) is 5.70. The number of nitrogens with one attached hydrogen (secondary N) is 2. The first-order chi connectivity index (χ1) is 16.5. The van der Waals surface area contributed by atoms with Crippen molar-refractivity contribution in [2.45, 2.75) is 20.3 Å². The van der Waals surface area contributed by atoms with E-state index < -0.39 is 0 Å². The number of rotatable bonds is 11. The van der Waals surface area contributed by atoms with Crippen LogP contribution in [0.5, 0.6) is 17.2 Å². The van der Waals surface area contributed by atoms with Crippen LogP contribution in [0.1, 0.15) is 30.6 Å². The van der Waals surface area contributed by atoms with Gasteiger partial charge in [-0.3, -0.25) is 10.1 Å². The third-order valence-electron chi connectivity index (χ3n) is 4.77. The summed E-state index contributed by atoms with van der Waals surface area (Å²) in [6.45, 7) is 5.62. The van der Waals surface area contributed by atoms with Gasteiger partial charge in [-0.2, -0.15) is 0 Å². The monoisotopic (exact) mass is 478 g/mol. The van der Waals surface area contributed by atoms with Gasteiger partial charge in [-0.15, -0.1) is 0 Å². The van der Waals surface area contributed by atoms with Crippen LogP contribution in [0, 0.1) is 5.92 Å². The molecule has 0 saturated heterocycles. The summed E-state index contributed by atoms with van der Waals surface area (Å²) in [5.74, 6) is 2.19. The van der Waals surface area contributed by atoms with Gasteiger partial charge in [-0.1, -0.05) is 50.2 Å². The third kappa shape index (κ3) is 8.41. The van der Waals surface area contributed by atoms with Crippen molar-refractivity contribution in [2.75, 3.05) is 25.1 Å². The molecule has 0 atom stereocenters. The van der Waals surface area contributed by atoms with E-state index in [9.17, 15) is 4.79 Å². The zero-order valence-electron chi connectivity index (χ0n) is 19.5. The summed E-state index contributed by atoms with van der Waals surface area (Å²) in [5, 5.41) is 5.93. The summed E-state index contributed by atoms with van der Waals surface area (Å²) in [7, 11) is 0. The second-order valence-corrected chi connectivity index (χ2v) is 8.38. The highest BCUT2D eigenvalue weighted by atomic mass is 32.1. The number of hydrogen-bond donors (Lipinski definition) is 2. The van der Waals surface area contributed by atoms with Gasteiger partial charge in [0.1, 0.15) is 30.5 Å². The van der Waals surface area contributed by atoms with Crippen LogP contribution in [-0.2, 0) is 0 Å². The van der Waals surface area contributed by atoms with E-state index in [1.54, 1.807) is 18.2 Å². The molecule has 7 heteroatoms. The number of para-hydroxylation sites is 2. The Labute approximate surface area is 206 Å². The SMILES string of the molecule is CC(C)CCOc1cccc(NC(=S)NC(=O)c2ccccc2OCCOc2ccccc2)c1. The largest absolute Gasteiger partial charge is 0.494 e. The number of thiocarbonyl (C=S) groups is 1. The Morgan fingerprint density at radius 2 is 1.50 bits per heavy atom. The van der Waals surface area contributed by atoms with Gasteiger partial charge in [0.2, 0.25) is 0 Å². The Bertz CT molecular complexity index is 1070. The summed E-state index contributed by atoms with van der Waals surface area (Å²) < 4.78 is 17.2. The molecule has 2 N–H and O–H groups in total. The van der Waals surface area contributed by atoms with Crippen molar-refractivity contribution >= 4 is 28.9 Å². The first-order valence-electron chi connectivity index (χ1n) is 11.3. The molecule has 0 aliphatic rings. The van der Waals surface area contributed by atoms with Crippen molar-refractivity contribution < 1.29 is 19.0 Å². The Balaban J connectivity index is 1.50. The molecule has 3 aromatic rings. The fourth-order valence-electron chi connectivity index (χ4n) is 3.02. The second-order valence-electron chi connectivity index (χ2n) is 7.97. The van der Waals surface area contributed by atoms with Gasteiger partial charge >= 0.3 is 0 Å². The molecule has 0 aliphatic heterocycles. The minimum Gasteiger partial charge on any atom is -0.494 e. The molecule has 1 amide bonds. The Morgan fingerprint density at radius 1 is 0.824 bits per heavy atom. The molecule has 3 rings (SSSR count). The van der Waals surface area contributed by atoms with E-state index in [-0.39, 0.29) is 11.0 Å². The number of amides is 1. The smallest absolute Gasteiger partial charge is 0.261 e. The van der Waals surface area contributed by atoms with Crippen LogP contribution in [-0.4, -0.2) is 30.8 Å². The molecule has 178 valence electrons. The van der Waals surface area contributed by atoms with Gasteiger partial charge in [0, 0.05) is 11.8 Å². The molecule has 0 heterocycles. The molecule has 0 spiro atoms. The van der Waals surface area contributed by atoms with E-state index >= 15 is 0 Å². The van der Waals surface area contributed by atoms with E-state index in [0.717, 1.165) is 23.6 Å². The van der Waals surface area contributed by atoms with E-state index in [2.05, 4.69) is 24.5 Å². The maximum Gasteiger partial charge on any atom is 0.261 e. The molecule has 0 bridgehead atoms. The quantitative estimate of drug-likeness (QED) is 0.272. The number of carbonyl (C=O) groups excluding carboxylic acids is 1. The number of ether oxygens (including phenoxy) is 3. The minimum atomic E-state index is -0.360. The van der Waals surface area contributed by atoms with Crippen LogP contribution in [0.15, 0.2) is 78.9 Å². The van der Waals surface area contributed by atoms with Gasteiger partial charge in [0.15, 0.2) is 5.11 Å². The lowest BCUT2D eigenvalue weighted by Crippen LogP contribution is -2.34. The van der Waals surface area contributed by atoms with Crippen molar-refractivity contribution in [3.63, 3.8) is 0 Å². The first kappa shape index (κ1) is 25.1. The van der Waals surface area contributed by atoms with Crippen LogP contribution in [0.4, 0.5) is 5.69 Å². The molecule has 3 aromatic carbocycles. The molecule has 0 aromatic heterocycles. The molecule has 34 heavy (non-hydrogen) atoms. The highest BCUT2D eigenvalue weighted by Gasteiger charge is 2.14. The van der Waals surface area contributed by atoms with E-state index in [0.29, 0.717) is 37.1 Å². The van der Waals surface area contributed by atoms with E-state index in [4.69, 9.17) is 26.4 Å². The number of benzene rings is 3.